The minimum absolute atomic E-state index is 0.645. The maximum atomic E-state index is 8.68. The van der Waals surface area contributed by atoms with Crippen LogP contribution in [0, 0.1) is 11.3 Å². The minimum atomic E-state index is 0.645. The molecule has 0 aliphatic heterocycles. The van der Waals surface area contributed by atoms with Crippen molar-refractivity contribution in [3.8, 4) is 6.07 Å². The lowest BCUT2D eigenvalue weighted by Crippen LogP contribution is -1.89. The van der Waals surface area contributed by atoms with Gasteiger partial charge >= 0.3 is 0 Å². The summed E-state index contributed by atoms with van der Waals surface area (Å²) in [5.41, 5.74) is 2.88. The summed E-state index contributed by atoms with van der Waals surface area (Å²) in [6.45, 7) is 0. The molecule has 0 bridgehead atoms. The average Bonchev–Trinajstić information content (AvgIpc) is 2.30. The number of hydrogen-bond donors (Lipinski definition) is 0. The summed E-state index contributed by atoms with van der Waals surface area (Å²) in [5, 5.41) is 9.32. The number of aromatic nitrogens is 1. The van der Waals surface area contributed by atoms with Crippen LogP contribution in [0.4, 0.5) is 0 Å². The Balaban J connectivity index is 2.18. The molecule has 0 amide bonds. The van der Waals surface area contributed by atoms with Crippen molar-refractivity contribution in [2.45, 2.75) is 6.42 Å². The Bertz CT molecular complexity index is 526. The molecular formula is C13H9ClN2. The number of nitriles is 1. The van der Waals surface area contributed by atoms with Crippen LogP contribution in [-0.4, -0.2) is 4.98 Å². The Morgan fingerprint density at radius 2 is 1.88 bits per heavy atom. The minimum Gasteiger partial charge on any atom is -0.263 e. The van der Waals surface area contributed by atoms with Gasteiger partial charge in [-0.3, -0.25) is 4.98 Å². The summed E-state index contributed by atoms with van der Waals surface area (Å²) < 4.78 is 0. The quantitative estimate of drug-likeness (QED) is 0.792. The second kappa shape index (κ2) is 4.78. The Hall–Kier alpha value is -1.85. The maximum absolute atomic E-state index is 8.68. The van der Waals surface area contributed by atoms with Gasteiger partial charge in [-0.25, -0.2) is 0 Å². The molecule has 0 fully saturated rings. The number of hydrogen-bond acceptors (Lipinski definition) is 2. The summed E-state index contributed by atoms with van der Waals surface area (Å²) in [7, 11) is 0. The van der Waals surface area contributed by atoms with E-state index in [1.165, 1.54) is 0 Å². The molecule has 78 valence electrons. The van der Waals surface area contributed by atoms with Gasteiger partial charge in [-0.2, -0.15) is 5.26 Å². The molecule has 0 spiro atoms. The van der Waals surface area contributed by atoms with E-state index >= 15 is 0 Å². The van der Waals surface area contributed by atoms with Gasteiger partial charge in [0.2, 0.25) is 0 Å². The fraction of sp³-hybridized carbons (Fsp3) is 0.0769. The highest BCUT2D eigenvalue weighted by Crippen LogP contribution is 2.13. The molecule has 0 atom stereocenters. The average molecular weight is 229 g/mol. The van der Waals surface area contributed by atoms with E-state index in [0.717, 1.165) is 17.5 Å². The van der Waals surface area contributed by atoms with Crippen molar-refractivity contribution in [3.63, 3.8) is 0 Å². The van der Waals surface area contributed by atoms with Crippen molar-refractivity contribution in [2.75, 3.05) is 0 Å². The third-order valence-electron chi connectivity index (χ3n) is 2.25. The van der Waals surface area contributed by atoms with Gasteiger partial charge in [-0.15, -0.1) is 0 Å². The number of benzene rings is 1. The third-order valence-corrected chi connectivity index (χ3v) is 2.46. The first-order chi connectivity index (χ1) is 7.78. The Morgan fingerprint density at radius 1 is 1.12 bits per heavy atom. The first-order valence-corrected chi connectivity index (χ1v) is 5.24. The van der Waals surface area contributed by atoms with E-state index in [9.17, 15) is 0 Å². The number of rotatable bonds is 2. The highest BCUT2D eigenvalue weighted by Gasteiger charge is 1.98. The van der Waals surface area contributed by atoms with Crippen LogP contribution in [0.5, 0.6) is 0 Å². The smallest absolute Gasteiger partial charge is 0.0991 e. The molecule has 0 saturated heterocycles. The summed E-state index contributed by atoms with van der Waals surface area (Å²) in [6, 6.07) is 11.5. The van der Waals surface area contributed by atoms with Gasteiger partial charge < -0.3 is 0 Å². The zero-order valence-electron chi connectivity index (χ0n) is 8.52. The van der Waals surface area contributed by atoms with Crippen LogP contribution in [-0.2, 0) is 6.42 Å². The predicted molar refractivity (Wildman–Crippen MR) is 63.2 cm³/mol. The van der Waals surface area contributed by atoms with Crippen molar-refractivity contribution in [3.05, 3.63) is 64.4 Å². The molecule has 1 heterocycles. The molecule has 3 heteroatoms. The molecule has 0 radical (unpaired) electrons. The van der Waals surface area contributed by atoms with Crippen LogP contribution < -0.4 is 0 Å². The molecule has 0 saturated carbocycles. The summed E-state index contributed by atoms with van der Waals surface area (Å²) in [4.78, 5) is 4.03. The maximum Gasteiger partial charge on any atom is 0.0991 e. The van der Waals surface area contributed by atoms with Gasteiger partial charge in [0.25, 0.3) is 0 Å². The number of halogens is 1. The van der Waals surface area contributed by atoms with Crippen molar-refractivity contribution in [1.29, 1.82) is 5.26 Å². The van der Waals surface area contributed by atoms with Gasteiger partial charge in [0.1, 0.15) is 0 Å². The summed E-state index contributed by atoms with van der Waals surface area (Å²) in [6.07, 6.45) is 4.19. The van der Waals surface area contributed by atoms with Crippen molar-refractivity contribution >= 4 is 11.6 Å². The SMILES string of the molecule is N#Cc1ccc(Cc2cncc(Cl)c2)cc1. The van der Waals surface area contributed by atoms with Crippen molar-refractivity contribution in [1.82, 2.24) is 4.98 Å². The van der Waals surface area contributed by atoms with Crippen molar-refractivity contribution in [2.24, 2.45) is 0 Å². The molecular weight excluding hydrogens is 220 g/mol. The first kappa shape index (κ1) is 10.7. The van der Waals surface area contributed by atoms with Crippen LogP contribution in [0.25, 0.3) is 0 Å². The lowest BCUT2D eigenvalue weighted by Gasteiger charge is -2.01. The normalized spacial score (nSPS) is 9.75. The van der Waals surface area contributed by atoms with Gasteiger partial charge in [-0.05, 0) is 35.7 Å². The van der Waals surface area contributed by atoms with Crippen molar-refractivity contribution < 1.29 is 0 Å². The number of nitrogens with zero attached hydrogens (tertiary/aromatic N) is 2. The lowest BCUT2D eigenvalue weighted by molar-refractivity contribution is 1.14. The highest BCUT2D eigenvalue weighted by molar-refractivity contribution is 6.30. The van der Waals surface area contributed by atoms with Gasteiger partial charge in [0.05, 0.1) is 16.7 Å². The molecule has 2 rings (SSSR count). The molecule has 0 unspecified atom stereocenters. The predicted octanol–water partition coefficient (Wildman–Crippen LogP) is 3.20. The lowest BCUT2D eigenvalue weighted by atomic mass is 10.1. The second-order valence-corrected chi connectivity index (χ2v) is 3.93. The van der Waals surface area contributed by atoms with E-state index in [-0.39, 0.29) is 0 Å². The van der Waals surface area contributed by atoms with Crippen LogP contribution in [0.15, 0.2) is 42.7 Å². The summed E-state index contributed by atoms with van der Waals surface area (Å²) >= 11 is 5.85. The van der Waals surface area contributed by atoms with E-state index < -0.39 is 0 Å². The first-order valence-electron chi connectivity index (χ1n) is 4.86. The molecule has 1 aromatic carbocycles. The third kappa shape index (κ3) is 2.59. The standard InChI is InChI=1S/C13H9ClN2/c14-13-6-12(8-16-9-13)5-10-1-3-11(7-15)4-2-10/h1-4,6,8-9H,5H2. The van der Waals surface area contributed by atoms with E-state index in [1.807, 2.05) is 30.3 Å². The Kier molecular flexibility index (Phi) is 3.19. The molecule has 16 heavy (non-hydrogen) atoms. The van der Waals surface area contributed by atoms with E-state index in [1.54, 1.807) is 12.4 Å². The molecule has 0 aliphatic rings. The van der Waals surface area contributed by atoms with Crippen LogP contribution in [0.1, 0.15) is 16.7 Å². The van der Waals surface area contributed by atoms with Gasteiger partial charge in [-0.1, -0.05) is 23.7 Å². The van der Waals surface area contributed by atoms with Crippen LogP contribution >= 0.6 is 11.6 Å². The largest absolute Gasteiger partial charge is 0.263 e. The zero-order chi connectivity index (χ0) is 11.4. The molecule has 1 aromatic heterocycles. The van der Waals surface area contributed by atoms with Crippen LogP contribution in [0.2, 0.25) is 5.02 Å². The highest BCUT2D eigenvalue weighted by atomic mass is 35.5. The molecule has 0 N–H and O–H groups in total. The van der Waals surface area contributed by atoms with Gasteiger partial charge in [0.15, 0.2) is 0 Å². The topological polar surface area (TPSA) is 36.7 Å². The molecule has 0 aliphatic carbocycles. The fourth-order valence-corrected chi connectivity index (χ4v) is 1.68. The molecule has 2 nitrogen and oxygen atoms in total. The van der Waals surface area contributed by atoms with E-state index in [0.29, 0.717) is 10.6 Å². The molecule has 2 aromatic rings. The van der Waals surface area contributed by atoms with E-state index in [4.69, 9.17) is 16.9 Å². The Morgan fingerprint density at radius 3 is 2.50 bits per heavy atom. The monoisotopic (exact) mass is 228 g/mol. The summed E-state index contributed by atoms with van der Waals surface area (Å²) in [5.74, 6) is 0. The van der Waals surface area contributed by atoms with Gasteiger partial charge in [0, 0.05) is 12.4 Å². The Labute approximate surface area is 99.1 Å². The van der Waals surface area contributed by atoms with E-state index in [2.05, 4.69) is 11.1 Å². The second-order valence-electron chi connectivity index (χ2n) is 3.50. The fourth-order valence-electron chi connectivity index (χ4n) is 1.49. The number of pyridine rings is 1. The zero-order valence-corrected chi connectivity index (χ0v) is 9.28. The van der Waals surface area contributed by atoms with Crippen LogP contribution in [0.3, 0.4) is 0 Å².